The molecule has 0 bridgehead atoms. The second-order valence-electron chi connectivity index (χ2n) is 2.74. The van der Waals surface area contributed by atoms with Crippen LogP contribution >= 0.6 is 0 Å². The van der Waals surface area contributed by atoms with E-state index in [1.807, 2.05) is 0 Å². The number of aromatic nitrogens is 1. The van der Waals surface area contributed by atoms with Crippen molar-refractivity contribution in [3.05, 3.63) is 46.9 Å². The van der Waals surface area contributed by atoms with Gasteiger partial charge in [-0.15, -0.1) is 4.74 Å². The molecule has 0 unspecified atom stereocenters. The summed E-state index contributed by atoms with van der Waals surface area (Å²) in [5, 5.41) is 0. The van der Waals surface area contributed by atoms with Crippen LogP contribution in [0.2, 0.25) is 0 Å². The maximum atomic E-state index is 11.2. The van der Waals surface area contributed by atoms with E-state index in [9.17, 15) is 4.79 Å². The van der Waals surface area contributed by atoms with E-state index in [4.69, 9.17) is 9.26 Å². The third-order valence-corrected chi connectivity index (χ3v) is 1.86. The van der Waals surface area contributed by atoms with Gasteiger partial charge in [-0.2, -0.15) is 0 Å². The monoisotopic (exact) mass is 191 g/mol. The molecule has 1 aromatic heterocycles. The molecule has 0 saturated heterocycles. The molecule has 1 heterocycles. The molecule has 72 valence electrons. The van der Waals surface area contributed by atoms with E-state index in [0.717, 1.165) is 0 Å². The zero-order valence-electron chi connectivity index (χ0n) is 7.64. The first-order valence-corrected chi connectivity index (χ1v) is 4.13. The normalized spacial score (nSPS) is 10.1. The quantitative estimate of drug-likeness (QED) is 0.721. The lowest BCUT2D eigenvalue weighted by molar-refractivity contribution is 0.337. The number of benzene rings is 1. The fourth-order valence-corrected chi connectivity index (χ4v) is 1.19. The van der Waals surface area contributed by atoms with Crippen molar-refractivity contribution in [1.82, 2.24) is 4.74 Å². The average molecular weight is 191 g/mol. The fraction of sp³-hybridized carbons (Fsp3) is 0.100. The van der Waals surface area contributed by atoms with Crippen molar-refractivity contribution < 1.29 is 9.26 Å². The Kier molecular flexibility index (Phi) is 2.10. The van der Waals surface area contributed by atoms with Crippen molar-refractivity contribution in [2.75, 3.05) is 7.11 Å². The summed E-state index contributed by atoms with van der Waals surface area (Å²) in [6, 6.07) is 8.46. The minimum Gasteiger partial charge on any atom is -0.497 e. The van der Waals surface area contributed by atoms with Gasteiger partial charge in [-0.3, -0.25) is 4.79 Å². The molecule has 0 radical (unpaired) electrons. The van der Waals surface area contributed by atoms with Gasteiger partial charge in [-0.25, -0.2) is 0 Å². The molecule has 1 aromatic carbocycles. The van der Waals surface area contributed by atoms with Gasteiger partial charge in [0, 0.05) is 12.1 Å². The molecule has 0 fully saturated rings. The first-order chi connectivity index (χ1) is 6.81. The number of ether oxygens (including phenoxy) is 1. The third kappa shape index (κ3) is 1.42. The van der Waals surface area contributed by atoms with Gasteiger partial charge in [0.1, 0.15) is 12.0 Å². The Morgan fingerprint density at radius 3 is 2.86 bits per heavy atom. The Hall–Kier alpha value is -1.97. The second-order valence-corrected chi connectivity index (χ2v) is 2.74. The fourth-order valence-electron chi connectivity index (χ4n) is 1.19. The van der Waals surface area contributed by atoms with Crippen LogP contribution in [0.3, 0.4) is 0 Å². The molecule has 0 spiro atoms. The van der Waals surface area contributed by atoms with E-state index in [2.05, 4.69) is 0 Å². The molecule has 0 N–H and O–H groups in total. The summed E-state index contributed by atoms with van der Waals surface area (Å²) in [5.41, 5.74) is 0.456. The van der Waals surface area contributed by atoms with Crippen LogP contribution in [0, 0.1) is 0 Å². The van der Waals surface area contributed by atoms with Crippen LogP contribution in [0.4, 0.5) is 0 Å². The maximum absolute atomic E-state index is 11.2. The topological polar surface area (TPSA) is 44.4 Å². The molecule has 0 aliphatic carbocycles. The number of hydrogen-bond acceptors (Lipinski definition) is 3. The van der Waals surface area contributed by atoms with Gasteiger partial charge in [-0.05, 0) is 12.1 Å². The highest BCUT2D eigenvalue weighted by Gasteiger charge is 2.02. The summed E-state index contributed by atoms with van der Waals surface area (Å²) in [5.74, 6) is 0.686. The van der Waals surface area contributed by atoms with Gasteiger partial charge in [-0.1, -0.05) is 6.07 Å². The molecular weight excluding hydrogens is 182 g/mol. The van der Waals surface area contributed by atoms with Gasteiger partial charge in [0.15, 0.2) is 0 Å². The van der Waals surface area contributed by atoms with Crippen LogP contribution in [0.15, 0.2) is 45.9 Å². The molecule has 0 aliphatic rings. The van der Waals surface area contributed by atoms with Crippen LogP contribution < -0.4 is 10.3 Å². The number of nitrogens with zero attached hydrogens (tertiary/aromatic N) is 1. The summed E-state index contributed by atoms with van der Waals surface area (Å²) in [4.78, 5) is 11.2. The van der Waals surface area contributed by atoms with Gasteiger partial charge >= 0.3 is 0 Å². The molecule has 0 saturated carbocycles. The van der Waals surface area contributed by atoms with Crippen LogP contribution in [-0.4, -0.2) is 11.8 Å². The van der Waals surface area contributed by atoms with Crippen LogP contribution in [0.25, 0.3) is 5.69 Å². The lowest BCUT2D eigenvalue weighted by Gasteiger charge is -2.02. The molecule has 2 rings (SSSR count). The van der Waals surface area contributed by atoms with Crippen molar-refractivity contribution in [3.8, 4) is 11.4 Å². The third-order valence-electron chi connectivity index (χ3n) is 1.86. The average Bonchev–Trinajstić information content (AvgIpc) is 2.65. The number of methoxy groups -OCH3 is 1. The predicted molar refractivity (Wildman–Crippen MR) is 50.9 cm³/mol. The maximum Gasteiger partial charge on any atom is 0.287 e. The Morgan fingerprint density at radius 2 is 2.21 bits per heavy atom. The highest BCUT2D eigenvalue weighted by Crippen LogP contribution is 2.14. The van der Waals surface area contributed by atoms with Crippen LogP contribution in [-0.2, 0) is 0 Å². The Morgan fingerprint density at radius 1 is 1.36 bits per heavy atom. The Labute approximate surface area is 80.3 Å². The van der Waals surface area contributed by atoms with E-state index in [1.54, 1.807) is 31.4 Å². The van der Waals surface area contributed by atoms with Crippen LogP contribution in [0.5, 0.6) is 5.75 Å². The van der Waals surface area contributed by atoms with E-state index in [-0.39, 0.29) is 5.56 Å². The smallest absolute Gasteiger partial charge is 0.287 e. The molecule has 0 atom stereocenters. The van der Waals surface area contributed by atoms with Crippen molar-refractivity contribution in [2.45, 2.75) is 0 Å². The highest BCUT2D eigenvalue weighted by molar-refractivity contribution is 5.37. The SMILES string of the molecule is COc1cccc(-n2occc2=O)c1. The van der Waals surface area contributed by atoms with Gasteiger partial charge in [0.2, 0.25) is 0 Å². The zero-order chi connectivity index (χ0) is 9.97. The number of rotatable bonds is 2. The lowest BCUT2D eigenvalue weighted by atomic mass is 10.3. The standard InChI is InChI=1S/C10H9NO3/c1-13-9-4-2-3-8(7-9)11-10(12)5-6-14-11/h2-7H,1H3. The molecule has 4 nitrogen and oxygen atoms in total. The van der Waals surface area contributed by atoms with Crippen molar-refractivity contribution in [1.29, 1.82) is 0 Å². The second kappa shape index (κ2) is 3.41. The summed E-state index contributed by atoms with van der Waals surface area (Å²) >= 11 is 0. The molecule has 0 amide bonds. The molecule has 0 aliphatic heterocycles. The minimum absolute atomic E-state index is 0.196. The molecule has 14 heavy (non-hydrogen) atoms. The van der Waals surface area contributed by atoms with Gasteiger partial charge in [0.05, 0.1) is 12.8 Å². The Balaban J connectivity index is 2.52. The first kappa shape index (κ1) is 8.62. The van der Waals surface area contributed by atoms with Crippen molar-refractivity contribution in [3.63, 3.8) is 0 Å². The molecule has 2 aromatic rings. The Bertz CT molecular complexity index is 484. The van der Waals surface area contributed by atoms with E-state index in [1.165, 1.54) is 17.1 Å². The van der Waals surface area contributed by atoms with Gasteiger partial charge < -0.3 is 9.26 Å². The van der Waals surface area contributed by atoms with E-state index < -0.39 is 0 Å². The first-order valence-electron chi connectivity index (χ1n) is 4.13. The lowest BCUT2D eigenvalue weighted by Crippen LogP contribution is -2.10. The minimum atomic E-state index is -0.196. The molecule has 4 heteroatoms. The summed E-state index contributed by atoms with van der Waals surface area (Å²) in [7, 11) is 1.57. The summed E-state index contributed by atoms with van der Waals surface area (Å²) in [6.07, 6.45) is 1.35. The van der Waals surface area contributed by atoms with Crippen LogP contribution in [0.1, 0.15) is 0 Å². The highest BCUT2D eigenvalue weighted by atomic mass is 16.5. The largest absolute Gasteiger partial charge is 0.497 e. The summed E-state index contributed by atoms with van der Waals surface area (Å²) in [6.45, 7) is 0. The van der Waals surface area contributed by atoms with E-state index >= 15 is 0 Å². The number of hydrogen-bond donors (Lipinski definition) is 0. The van der Waals surface area contributed by atoms with Crippen molar-refractivity contribution >= 4 is 0 Å². The van der Waals surface area contributed by atoms with E-state index in [0.29, 0.717) is 11.4 Å². The van der Waals surface area contributed by atoms with Gasteiger partial charge in [0.25, 0.3) is 5.56 Å². The zero-order valence-corrected chi connectivity index (χ0v) is 7.64. The predicted octanol–water partition coefficient (Wildman–Crippen LogP) is 1.44. The van der Waals surface area contributed by atoms with Crippen molar-refractivity contribution in [2.24, 2.45) is 0 Å². The molecular formula is C10H9NO3. The summed E-state index contributed by atoms with van der Waals surface area (Å²) < 4.78 is 11.2.